The number of ether oxygens (including phenoxy) is 2. The second kappa shape index (κ2) is 6.66. The highest BCUT2D eigenvalue weighted by atomic mass is 32.2. The molecule has 16 heavy (non-hydrogen) atoms. The van der Waals surface area contributed by atoms with Crippen molar-refractivity contribution in [3.05, 3.63) is 21.8 Å². The highest BCUT2D eigenvalue weighted by Crippen LogP contribution is 2.19. The standard InChI is InChI=1S/C10H12N2O2S2/c1-13-6-14-5-8-3-7(4-11)10(16-2)12-9(8)15/h3H,5-6H2,1-2H3,(H,12,15). The second-order valence-corrected chi connectivity index (χ2v) is 4.16. The van der Waals surface area contributed by atoms with Crippen molar-refractivity contribution < 1.29 is 9.47 Å². The first-order valence-electron chi connectivity index (χ1n) is 4.50. The molecule has 0 amide bonds. The maximum Gasteiger partial charge on any atom is 0.146 e. The van der Waals surface area contributed by atoms with Gasteiger partial charge in [-0.1, -0.05) is 12.2 Å². The molecule has 0 atom stereocenters. The third-order valence-corrected chi connectivity index (χ3v) is 2.96. The van der Waals surface area contributed by atoms with Gasteiger partial charge in [-0.15, -0.1) is 11.8 Å². The van der Waals surface area contributed by atoms with E-state index in [4.69, 9.17) is 27.0 Å². The Labute approximate surface area is 104 Å². The molecule has 0 aromatic carbocycles. The third-order valence-electron chi connectivity index (χ3n) is 1.87. The number of pyridine rings is 1. The van der Waals surface area contributed by atoms with E-state index in [1.165, 1.54) is 11.8 Å². The zero-order chi connectivity index (χ0) is 12.0. The molecule has 86 valence electrons. The molecule has 6 heteroatoms. The van der Waals surface area contributed by atoms with Gasteiger partial charge < -0.3 is 14.5 Å². The molecule has 1 N–H and O–H groups in total. The number of aromatic amines is 1. The Morgan fingerprint density at radius 2 is 2.38 bits per heavy atom. The minimum atomic E-state index is 0.209. The first-order valence-corrected chi connectivity index (χ1v) is 6.13. The molecule has 0 fully saturated rings. The third kappa shape index (κ3) is 3.32. The van der Waals surface area contributed by atoms with Crippen LogP contribution in [0.25, 0.3) is 0 Å². The normalized spacial score (nSPS) is 10.1. The molecule has 0 aliphatic heterocycles. The van der Waals surface area contributed by atoms with Gasteiger partial charge >= 0.3 is 0 Å². The summed E-state index contributed by atoms with van der Waals surface area (Å²) in [6.07, 6.45) is 1.89. The largest absolute Gasteiger partial charge is 0.359 e. The van der Waals surface area contributed by atoms with Crippen LogP contribution in [0, 0.1) is 16.0 Å². The number of hydrogen-bond donors (Lipinski definition) is 1. The maximum atomic E-state index is 8.95. The van der Waals surface area contributed by atoms with Gasteiger partial charge in [0.15, 0.2) is 0 Å². The average Bonchev–Trinajstić information content (AvgIpc) is 2.31. The molecule has 4 nitrogen and oxygen atoms in total. The molecule has 1 heterocycles. The molecule has 0 bridgehead atoms. The van der Waals surface area contributed by atoms with E-state index >= 15 is 0 Å². The van der Waals surface area contributed by atoms with Gasteiger partial charge in [0.1, 0.15) is 17.5 Å². The van der Waals surface area contributed by atoms with Crippen molar-refractivity contribution in [3.63, 3.8) is 0 Å². The molecule has 1 aromatic heterocycles. The van der Waals surface area contributed by atoms with Crippen LogP contribution in [-0.4, -0.2) is 25.1 Å². The van der Waals surface area contributed by atoms with E-state index in [1.807, 2.05) is 6.26 Å². The molecule has 0 spiro atoms. The number of nitrogens with zero attached hydrogens (tertiary/aromatic N) is 1. The predicted molar refractivity (Wildman–Crippen MR) is 64.8 cm³/mol. The average molecular weight is 256 g/mol. The van der Waals surface area contributed by atoms with Gasteiger partial charge in [0.25, 0.3) is 0 Å². The van der Waals surface area contributed by atoms with Crippen molar-refractivity contribution in [2.45, 2.75) is 11.6 Å². The monoisotopic (exact) mass is 256 g/mol. The Balaban J connectivity index is 2.94. The summed E-state index contributed by atoms with van der Waals surface area (Å²) in [6, 6.07) is 3.87. The van der Waals surface area contributed by atoms with Crippen LogP contribution in [0.2, 0.25) is 0 Å². The van der Waals surface area contributed by atoms with Crippen molar-refractivity contribution in [2.75, 3.05) is 20.2 Å². The topological polar surface area (TPSA) is 58.0 Å². The molecule has 0 saturated heterocycles. The van der Waals surface area contributed by atoms with Crippen molar-refractivity contribution >= 4 is 24.0 Å². The number of hydrogen-bond acceptors (Lipinski definition) is 5. The van der Waals surface area contributed by atoms with E-state index in [1.54, 1.807) is 13.2 Å². The highest BCUT2D eigenvalue weighted by Gasteiger charge is 2.05. The van der Waals surface area contributed by atoms with Gasteiger partial charge in [-0.2, -0.15) is 5.26 Å². The first-order chi connectivity index (χ1) is 7.72. The summed E-state index contributed by atoms with van der Waals surface area (Å²) in [5.41, 5.74) is 1.37. The Morgan fingerprint density at radius 1 is 1.62 bits per heavy atom. The Hall–Kier alpha value is -0.870. The Bertz CT molecular complexity index is 451. The van der Waals surface area contributed by atoms with E-state index in [0.717, 1.165) is 10.6 Å². The molecule has 1 rings (SSSR count). The quantitative estimate of drug-likeness (QED) is 0.379. The van der Waals surface area contributed by atoms with Gasteiger partial charge in [-0.3, -0.25) is 0 Å². The van der Waals surface area contributed by atoms with Crippen LogP contribution in [0.15, 0.2) is 11.1 Å². The molecule has 0 aliphatic rings. The summed E-state index contributed by atoms with van der Waals surface area (Å²) < 4.78 is 10.6. The van der Waals surface area contributed by atoms with Crippen molar-refractivity contribution in [3.8, 4) is 6.07 Å². The lowest BCUT2D eigenvalue weighted by Gasteiger charge is -2.06. The summed E-state index contributed by atoms with van der Waals surface area (Å²) in [4.78, 5) is 3.01. The van der Waals surface area contributed by atoms with Crippen LogP contribution in [0.4, 0.5) is 0 Å². The number of nitriles is 1. The summed E-state index contributed by atoms with van der Waals surface area (Å²) >= 11 is 6.62. The summed E-state index contributed by atoms with van der Waals surface area (Å²) in [5, 5.41) is 9.73. The minimum absolute atomic E-state index is 0.209. The van der Waals surface area contributed by atoms with E-state index in [-0.39, 0.29) is 6.79 Å². The fourth-order valence-corrected chi connectivity index (χ4v) is 1.96. The fourth-order valence-electron chi connectivity index (χ4n) is 1.14. The minimum Gasteiger partial charge on any atom is -0.359 e. The highest BCUT2D eigenvalue weighted by molar-refractivity contribution is 7.98. The smallest absolute Gasteiger partial charge is 0.146 e. The SMILES string of the molecule is COCOCc1cc(C#N)c(SC)[nH]c1=S. The number of H-pyrrole nitrogens is 1. The lowest BCUT2D eigenvalue weighted by Crippen LogP contribution is -2.00. The van der Waals surface area contributed by atoms with E-state index in [9.17, 15) is 0 Å². The molecule has 1 aromatic rings. The summed E-state index contributed by atoms with van der Waals surface area (Å²) in [5.74, 6) is 0. The fraction of sp³-hybridized carbons (Fsp3) is 0.400. The van der Waals surface area contributed by atoms with Crippen LogP contribution in [0.3, 0.4) is 0 Å². The number of nitrogens with one attached hydrogen (secondary N) is 1. The van der Waals surface area contributed by atoms with Crippen molar-refractivity contribution in [2.24, 2.45) is 0 Å². The number of aromatic nitrogens is 1. The number of thioether (sulfide) groups is 1. The van der Waals surface area contributed by atoms with Crippen LogP contribution in [-0.2, 0) is 16.1 Å². The van der Waals surface area contributed by atoms with Gasteiger partial charge in [0.2, 0.25) is 0 Å². The summed E-state index contributed by atoms with van der Waals surface area (Å²) in [6.45, 7) is 0.549. The first kappa shape index (κ1) is 13.2. The van der Waals surface area contributed by atoms with Crippen LogP contribution >= 0.6 is 24.0 Å². The molecular formula is C10H12N2O2S2. The molecular weight excluding hydrogens is 244 g/mol. The predicted octanol–water partition coefficient (Wildman–Crippen LogP) is 2.46. The lowest BCUT2D eigenvalue weighted by atomic mass is 10.2. The van der Waals surface area contributed by atoms with Gasteiger partial charge in [-0.25, -0.2) is 0 Å². The zero-order valence-corrected chi connectivity index (χ0v) is 10.7. The van der Waals surface area contributed by atoms with Gasteiger partial charge in [-0.05, 0) is 12.3 Å². The molecule has 0 radical (unpaired) electrons. The van der Waals surface area contributed by atoms with E-state index in [2.05, 4.69) is 11.1 Å². The molecule has 0 unspecified atom stereocenters. The summed E-state index contributed by atoms with van der Waals surface area (Å²) in [7, 11) is 1.55. The van der Waals surface area contributed by atoms with Gasteiger partial charge in [0.05, 0.1) is 17.2 Å². The number of rotatable bonds is 5. The Kier molecular flexibility index (Phi) is 5.49. The van der Waals surface area contributed by atoms with E-state index in [0.29, 0.717) is 16.8 Å². The van der Waals surface area contributed by atoms with Crippen LogP contribution in [0.1, 0.15) is 11.1 Å². The lowest BCUT2D eigenvalue weighted by molar-refractivity contribution is -0.0392. The molecule has 0 saturated carbocycles. The van der Waals surface area contributed by atoms with Crippen molar-refractivity contribution in [1.82, 2.24) is 4.98 Å². The second-order valence-electron chi connectivity index (χ2n) is 2.94. The van der Waals surface area contributed by atoms with E-state index < -0.39 is 0 Å². The van der Waals surface area contributed by atoms with Crippen LogP contribution in [0.5, 0.6) is 0 Å². The molecule has 0 aliphatic carbocycles. The number of methoxy groups -OCH3 is 1. The van der Waals surface area contributed by atoms with Gasteiger partial charge in [0, 0.05) is 12.7 Å². The maximum absolute atomic E-state index is 8.95. The zero-order valence-electron chi connectivity index (χ0n) is 9.07. The Morgan fingerprint density at radius 3 is 2.94 bits per heavy atom. The van der Waals surface area contributed by atoms with Crippen molar-refractivity contribution in [1.29, 1.82) is 5.26 Å². The van der Waals surface area contributed by atoms with Crippen LogP contribution < -0.4 is 0 Å².